The van der Waals surface area contributed by atoms with Crippen LogP contribution in [0, 0.1) is 11.2 Å². The summed E-state index contributed by atoms with van der Waals surface area (Å²) in [5, 5.41) is 10.3. The van der Waals surface area contributed by atoms with Gasteiger partial charge in [-0.25, -0.2) is 4.39 Å². The van der Waals surface area contributed by atoms with E-state index in [0.717, 1.165) is 24.7 Å². The third kappa shape index (κ3) is 1.69. The first-order valence-electron chi connectivity index (χ1n) is 4.56. The molecule has 14 heavy (non-hydrogen) atoms. The monoisotopic (exact) mass is 193 g/mol. The average Bonchev–Trinajstić information content (AvgIpc) is 2.95. The van der Waals surface area contributed by atoms with E-state index in [-0.39, 0.29) is 5.69 Å². The summed E-state index contributed by atoms with van der Waals surface area (Å²) in [5.41, 5.74) is 6.87. The molecule has 1 aromatic carbocycles. The van der Waals surface area contributed by atoms with Crippen LogP contribution in [0.1, 0.15) is 18.4 Å². The molecule has 0 spiro atoms. The summed E-state index contributed by atoms with van der Waals surface area (Å²) in [6, 6.07) is 3.31. The van der Waals surface area contributed by atoms with Gasteiger partial charge in [0.1, 0.15) is 5.82 Å². The number of hydrogen-bond donors (Lipinski definition) is 3. The number of halogens is 1. The molecule has 0 unspecified atom stereocenters. The molecule has 0 radical (unpaired) electrons. The van der Waals surface area contributed by atoms with Crippen LogP contribution in [0.2, 0.25) is 0 Å². The van der Waals surface area contributed by atoms with Gasteiger partial charge in [0.05, 0.1) is 5.69 Å². The van der Waals surface area contributed by atoms with Crippen molar-refractivity contribution in [2.75, 3.05) is 11.1 Å². The number of benzene rings is 1. The first kappa shape index (κ1) is 8.99. The number of hydrogen-bond acceptors (Lipinski definition) is 3. The molecule has 0 heterocycles. The van der Waals surface area contributed by atoms with Gasteiger partial charge in [0.25, 0.3) is 0 Å². The van der Waals surface area contributed by atoms with Gasteiger partial charge >= 0.3 is 0 Å². The molecule has 0 aliphatic heterocycles. The quantitative estimate of drug-likeness (QED) is 0.507. The summed E-state index contributed by atoms with van der Waals surface area (Å²) < 4.78 is 13.0. The molecule has 3 nitrogen and oxygen atoms in total. The third-order valence-electron chi connectivity index (χ3n) is 2.26. The van der Waals surface area contributed by atoms with E-state index in [4.69, 9.17) is 11.1 Å². The maximum atomic E-state index is 13.0. The number of anilines is 2. The lowest BCUT2D eigenvalue weighted by Crippen LogP contribution is -2.05. The molecule has 2 rings (SSSR count). The summed E-state index contributed by atoms with van der Waals surface area (Å²) in [7, 11) is 0. The van der Waals surface area contributed by atoms with Crippen LogP contribution in [0.3, 0.4) is 0 Å². The highest BCUT2D eigenvalue weighted by atomic mass is 19.1. The van der Waals surface area contributed by atoms with Crippen LogP contribution in [0.25, 0.3) is 0 Å². The fourth-order valence-corrected chi connectivity index (χ4v) is 1.30. The van der Waals surface area contributed by atoms with E-state index < -0.39 is 5.82 Å². The maximum Gasteiger partial charge on any atom is 0.146 e. The Morgan fingerprint density at radius 1 is 1.50 bits per heavy atom. The smallest absolute Gasteiger partial charge is 0.146 e. The van der Waals surface area contributed by atoms with Gasteiger partial charge in [-0.2, -0.15) is 0 Å². The van der Waals surface area contributed by atoms with E-state index in [2.05, 4.69) is 5.32 Å². The zero-order valence-corrected chi connectivity index (χ0v) is 7.68. The second kappa shape index (κ2) is 3.29. The summed E-state index contributed by atoms with van der Waals surface area (Å²) in [6.07, 6.45) is 3.40. The van der Waals surface area contributed by atoms with Crippen molar-refractivity contribution in [1.82, 2.24) is 0 Å². The van der Waals surface area contributed by atoms with E-state index in [9.17, 15) is 4.39 Å². The second-order valence-electron chi connectivity index (χ2n) is 3.52. The van der Waals surface area contributed by atoms with Crippen molar-refractivity contribution in [3.05, 3.63) is 23.5 Å². The number of nitrogens with one attached hydrogen (secondary N) is 2. The molecule has 1 saturated carbocycles. The van der Waals surface area contributed by atoms with Crippen molar-refractivity contribution in [3.8, 4) is 0 Å². The van der Waals surface area contributed by atoms with E-state index in [1.165, 1.54) is 6.07 Å². The summed E-state index contributed by atoms with van der Waals surface area (Å²) in [5.74, 6) is -0.468. The summed E-state index contributed by atoms with van der Waals surface area (Å²) in [4.78, 5) is 0. The molecule has 0 bridgehead atoms. The normalized spacial score (nSPS) is 15.2. The standard InChI is InChI=1S/C10H12FN3/c11-8-3-6(5-12)10(4-9(8)13)14-7-1-2-7/h3-5,7,12,14H,1-2,13H2. The van der Waals surface area contributed by atoms with Crippen LogP contribution in [0.4, 0.5) is 15.8 Å². The Labute approximate surface area is 81.6 Å². The number of rotatable bonds is 3. The lowest BCUT2D eigenvalue weighted by molar-refractivity contribution is 0.632. The Hall–Kier alpha value is -1.58. The number of nitrogens with two attached hydrogens (primary N) is 1. The predicted molar refractivity (Wildman–Crippen MR) is 55.3 cm³/mol. The minimum atomic E-state index is -0.468. The molecule has 4 heteroatoms. The SMILES string of the molecule is N=Cc1cc(F)c(N)cc1NC1CC1. The Balaban J connectivity index is 2.34. The van der Waals surface area contributed by atoms with Crippen LogP contribution in [0.15, 0.2) is 12.1 Å². The van der Waals surface area contributed by atoms with Crippen molar-refractivity contribution in [1.29, 1.82) is 5.41 Å². The topological polar surface area (TPSA) is 61.9 Å². The molecule has 1 fully saturated rings. The van der Waals surface area contributed by atoms with Gasteiger partial charge in [-0.1, -0.05) is 0 Å². The van der Waals surface area contributed by atoms with Gasteiger partial charge in [0, 0.05) is 23.5 Å². The highest BCUT2D eigenvalue weighted by Crippen LogP contribution is 2.28. The van der Waals surface area contributed by atoms with Crippen molar-refractivity contribution >= 4 is 17.6 Å². The van der Waals surface area contributed by atoms with Crippen molar-refractivity contribution in [2.24, 2.45) is 0 Å². The average molecular weight is 193 g/mol. The van der Waals surface area contributed by atoms with Crippen LogP contribution < -0.4 is 11.1 Å². The Morgan fingerprint density at radius 2 is 2.21 bits per heavy atom. The Morgan fingerprint density at radius 3 is 2.79 bits per heavy atom. The molecule has 0 atom stereocenters. The van der Waals surface area contributed by atoms with Crippen molar-refractivity contribution in [2.45, 2.75) is 18.9 Å². The first-order valence-corrected chi connectivity index (χ1v) is 4.56. The Bertz CT molecular complexity index is 372. The summed E-state index contributed by atoms with van der Waals surface area (Å²) in [6.45, 7) is 0. The lowest BCUT2D eigenvalue weighted by Gasteiger charge is -2.09. The molecule has 0 amide bonds. The lowest BCUT2D eigenvalue weighted by atomic mass is 10.1. The molecule has 1 aliphatic rings. The van der Waals surface area contributed by atoms with Crippen molar-refractivity contribution in [3.63, 3.8) is 0 Å². The summed E-state index contributed by atoms with van der Waals surface area (Å²) >= 11 is 0. The van der Waals surface area contributed by atoms with Gasteiger partial charge in [0.15, 0.2) is 0 Å². The largest absolute Gasteiger partial charge is 0.396 e. The molecule has 74 valence electrons. The van der Waals surface area contributed by atoms with Gasteiger partial charge < -0.3 is 16.5 Å². The second-order valence-corrected chi connectivity index (χ2v) is 3.52. The van der Waals surface area contributed by atoms with Crippen LogP contribution >= 0.6 is 0 Å². The van der Waals surface area contributed by atoms with Gasteiger partial charge in [-0.15, -0.1) is 0 Å². The van der Waals surface area contributed by atoms with E-state index in [0.29, 0.717) is 11.6 Å². The predicted octanol–water partition coefficient (Wildman–Crippen LogP) is 1.98. The minimum absolute atomic E-state index is 0.124. The van der Waals surface area contributed by atoms with Gasteiger partial charge in [0.2, 0.25) is 0 Å². The highest BCUT2D eigenvalue weighted by molar-refractivity contribution is 5.87. The Kier molecular flexibility index (Phi) is 2.11. The molecule has 0 aromatic heterocycles. The molecule has 1 aromatic rings. The molecule has 4 N–H and O–H groups in total. The molecular formula is C10H12FN3. The van der Waals surface area contributed by atoms with Crippen LogP contribution in [-0.4, -0.2) is 12.3 Å². The number of nitrogen functional groups attached to an aromatic ring is 1. The fraction of sp³-hybridized carbons (Fsp3) is 0.300. The fourth-order valence-electron chi connectivity index (χ4n) is 1.30. The maximum absolute atomic E-state index is 13.0. The zero-order valence-electron chi connectivity index (χ0n) is 7.68. The van der Waals surface area contributed by atoms with E-state index >= 15 is 0 Å². The van der Waals surface area contributed by atoms with Gasteiger partial charge in [-0.3, -0.25) is 0 Å². The third-order valence-corrected chi connectivity index (χ3v) is 2.26. The van der Waals surface area contributed by atoms with Crippen LogP contribution in [-0.2, 0) is 0 Å². The van der Waals surface area contributed by atoms with Crippen LogP contribution in [0.5, 0.6) is 0 Å². The molecular weight excluding hydrogens is 181 g/mol. The molecule has 0 saturated heterocycles. The zero-order chi connectivity index (χ0) is 10.1. The minimum Gasteiger partial charge on any atom is -0.396 e. The van der Waals surface area contributed by atoms with Gasteiger partial charge in [-0.05, 0) is 25.0 Å². The highest BCUT2D eigenvalue weighted by Gasteiger charge is 2.22. The van der Waals surface area contributed by atoms with Crippen molar-refractivity contribution < 1.29 is 4.39 Å². The first-order chi connectivity index (χ1) is 6.70. The molecule has 1 aliphatic carbocycles. The van der Waals surface area contributed by atoms with E-state index in [1.54, 1.807) is 6.07 Å². The van der Waals surface area contributed by atoms with E-state index in [1.807, 2.05) is 0 Å².